The minimum Gasteiger partial charge on any atom is -0.289 e. The van der Waals surface area contributed by atoms with Crippen LogP contribution in [0.25, 0.3) is 10.8 Å². The molecule has 0 atom stereocenters. The van der Waals surface area contributed by atoms with Crippen molar-refractivity contribution in [1.29, 1.82) is 0 Å². The number of hydrogen-bond donors (Lipinski definition) is 0. The van der Waals surface area contributed by atoms with Crippen molar-refractivity contribution < 1.29 is 26.3 Å². The zero-order valence-electron chi connectivity index (χ0n) is 10.1. The summed E-state index contributed by atoms with van der Waals surface area (Å²) >= 11 is 0. The van der Waals surface area contributed by atoms with E-state index in [4.69, 9.17) is 0 Å². The molecule has 2 aromatic rings. The fraction of sp³-hybridized carbons (Fsp3) is 0.214. The summed E-state index contributed by atoms with van der Waals surface area (Å²) in [5.74, 6) is -15.7. The van der Waals surface area contributed by atoms with E-state index in [0.717, 1.165) is 0 Å². The van der Waals surface area contributed by atoms with E-state index in [-0.39, 0.29) is 16.8 Å². The van der Waals surface area contributed by atoms with Gasteiger partial charge in [0.1, 0.15) is 0 Å². The van der Waals surface area contributed by atoms with Crippen molar-refractivity contribution >= 4 is 10.8 Å². The summed E-state index contributed by atoms with van der Waals surface area (Å²) in [5.41, 5.74) is -4.16. The van der Waals surface area contributed by atoms with E-state index in [9.17, 15) is 31.1 Å². The molecule has 1 aliphatic carbocycles. The highest BCUT2D eigenvalue weighted by Gasteiger charge is 2.79. The second-order valence-electron chi connectivity index (χ2n) is 4.79. The van der Waals surface area contributed by atoms with Gasteiger partial charge in [-0.3, -0.25) is 4.79 Å². The molecule has 0 saturated carbocycles. The standard InChI is InChI=1S/C14H6F6O/c15-12(16)9-5-7-3-1-2-4-8(7)11(21)6-10(9)13(17,18)14(12,19)20/h1-6H. The first-order valence-electron chi connectivity index (χ1n) is 5.82. The molecule has 0 saturated heterocycles. The lowest BCUT2D eigenvalue weighted by Crippen LogP contribution is -2.43. The fourth-order valence-corrected chi connectivity index (χ4v) is 2.42. The van der Waals surface area contributed by atoms with E-state index in [1.165, 1.54) is 24.3 Å². The fourth-order valence-electron chi connectivity index (χ4n) is 2.42. The molecule has 1 aliphatic rings. The van der Waals surface area contributed by atoms with E-state index in [1.54, 1.807) is 0 Å². The predicted molar refractivity (Wildman–Crippen MR) is 63.0 cm³/mol. The molecule has 0 heterocycles. The second kappa shape index (κ2) is 3.78. The maximum atomic E-state index is 13.7. The van der Waals surface area contributed by atoms with Crippen LogP contribution in [0.15, 0.2) is 41.2 Å². The first-order valence-corrected chi connectivity index (χ1v) is 5.82. The highest BCUT2D eigenvalue weighted by Crippen LogP contribution is 2.62. The SMILES string of the molecule is O=c1cc2c(cc3ccccc13)C(F)(F)C(F)(F)C2(F)F. The zero-order chi connectivity index (χ0) is 15.6. The molecular formula is C14H6F6O. The molecule has 0 spiro atoms. The Kier molecular flexibility index (Phi) is 2.50. The monoisotopic (exact) mass is 304 g/mol. The van der Waals surface area contributed by atoms with Gasteiger partial charge in [0.2, 0.25) is 0 Å². The molecule has 0 amide bonds. The summed E-state index contributed by atoms with van der Waals surface area (Å²) in [6.45, 7) is 0. The molecule has 1 nitrogen and oxygen atoms in total. The molecule has 0 unspecified atom stereocenters. The Hall–Kier alpha value is -2.05. The van der Waals surface area contributed by atoms with Crippen molar-refractivity contribution in [3.63, 3.8) is 0 Å². The van der Waals surface area contributed by atoms with Gasteiger partial charge in [0, 0.05) is 16.5 Å². The smallest absolute Gasteiger partial charge is 0.289 e. The van der Waals surface area contributed by atoms with Gasteiger partial charge in [0.15, 0.2) is 5.43 Å². The Balaban J connectivity index is 2.54. The van der Waals surface area contributed by atoms with Gasteiger partial charge in [-0.05, 0) is 17.5 Å². The Morgan fingerprint density at radius 2 is 1.29 bits per heavy atom. The third-order valence-corrected chi connectivity index (χ3v) is 3.56. The van der Waals surface area contributed by atoms with Gasteiger partial charge in [0.25, 0.3) is 0 Å². The van der Waals surface area contributed by atoms with Gasteiger partial charge >= 0.3 is 17.8 Å². The molecule has 2 aromatic carbocycles. The van der Waals surface area contributed by atoms with Crippen LogP contribution in [0.2, 0.25) is 0 Å². The average molecular weight is 304 g/mol. The summed E-state index contributed by atoms with van der Waals surface area (Å²) < 4.78 is 81.4. The van der Waals surface area contributed by atoms with Gasteiger partial charge in [-0.25, -0.2) is 0 Å². The van der Waals surface area contributed by atoms with Crippen molar-refractivity contribution in [2.45, 2.75) is 17.8 Å². The molecule has 21 heavy (non-hydrogen) atoms. The van der Waals surface area contributed by atoms with Crippen LogP contribution in [0.4, 0.5) is 26.3 Å². The summed E-state index contributed by atoms with van der Waals surface area (Å²) in [6, 6.07) is 5.98. The Labute approximate surface area is 113 Å². The Bertz CT molecular complexity index is 812. The third kappa shape index (κ3) is 1.51. The Morgan fingerprint density at radius 1 is 0.762 bits per heavy atom. The minimum atomic E-state index is -5.58. The van der Waals surface area contributed by atoms with Crippen LogP contribution in [0, 0.1) is 0 Å². The van der Waals surface area contributed by atoms with Crippen LogP contribution in [-0.4, -0.2) is 5.92 Å². The van der Waals surface area contributed by atoms with E-state index in [1.807, 2.05) is 0 Å². The first kappa shape index (κ1) is 13.9. The minimum absolute atomic E-state index is 0.0955. The van der Waals surface area contributed by atoms with Crippen LogP contribution in [0.1, 0.15) is 11.1 Å². The summed E-state index contributed by atoms with van der Waals surface area (Å²) in [5, 5.41) is -0.196. The Morgan fingerprint density at radius 3 is 1.90 bits per heavy atom. The van der Waals surface area contributed by atoms with Gasteiger partial charge in [-0.2, -0.15) is 26.3 Å². The quantitative estimate of drug-likeness (QED) is 0.672. The van der Waals surface area contributed by atoms with E-state index in [0.29, 0.717) is 6.07 Å². The normalized spacial score (nSPS) is 21.2. The predicted octanol–water partition coefficient (Wildman–Crippen LogP) is 4.03. The topological polar surface area (TPSA) is 17.1 Å². The molecule has 0 bridgehead atoms. The molecule has 110 valence electrons. The van der Waals surface area contributed by atoms with Crippen LogP contribution in [0.3, 0.4) is 0 Å². The number of alkyl halides is 6. The molecule has 3 rings (SSSR count). The van der Waals surface area contributed by atoms with Crippen LogP contribution in [0.5, 0.6) is 0 Å². The molecule has 0 radical (unpaired) electrons. The molecular weight excluding hydrogens is 298 g/mol. The number of halogens is 6. The van der Waals surface area contributed by atoms with Crippen molar-refractivity contribution in [3.05, 3.63) is 57.7 Å². The summed E-state index contributed by atoms with van der Waals surface area (Å²) in [7, 11) is 0. The lowest BCUT2D eigenvalue weighted by molar-refractivity contribution is -0.302. The second-order valence-corrected chi connectivity index (χ2v) is 4.79. The molecule has 0 fully saturated rings. The highest BCUT2D eigenvalue weighted by molar-refractivity contribution is 5.83. The lowest BCUT2D eigenvalue weighted by atomic mass is 10.1. The van der Waals surface area contributed by atoms with Gasteiger partial charge < -0.3 is 0 Å². The van der Waals surface area contributed by atoms with Crippen LogP contribution < -0.4 is 5.43 Å². The van der Waals surface area contributed by atoms with E-state index in [2.05, 4.69) is 0 Å². The highest BCUT2D eigenvalue weighted by atomic mass is 19.3. The van der Waals surface area contributed by atoms with Crippen molar-refractivity contribution in [2.24, 2.45) is 0 Å². The lowest BCUT2D eigenvalue weighted by Gasteiger charge is -2.23. The van der Waals surface area contributed by atoms with Crippen molar-refractivity contribution in [2.75, 3.05) is 0 Å². The van der Waals surface area contributed by atoms with E-state index >= 15 is 0 Å². The summed E-state index contributed by atoms with van der Waals surface area (Å²) in [4.78, 5) is 11.8. The maximum Gasteiger partial charge on any atom is 0.380 e. The number of hydrogen-bond acceptors (Lipinski definition) is 1. The molecule has 0 aliphatic heterocycles. The number of fused-ring (bicyclic) bond motifs is 2. The van der Waals surface area contributed by atoms with Gasteiger partial charge in [0.05, 0.1) is 0 Å². The number of benzene rings is 1. The van der Waals surface area contributed by atoms with E-state index < -0.39 is 34.3 Å². The van der Waals surface area contributed by atoms with Gasteiger partial charge in [-0.1, -0.05) is 24.3 Å². The maximum absolute atomic E-state index is 13.7. The molecule has 0 aromatic heterocycles. The number of rotatable bonds is 0. The average Bonchev–Trinajstić information content (AvgIpc) is 2.53. The third-order valence-electron chi connectivity index (χ3n) is 3.56. The van der Waals surface area contributed by atoms with Crippen LogP contribution in [-0.2, 0) is 11.8 Å². The summed E-state index contributed by atoms with van der Waals surface area (Å²) in [6.07, 6.45) is 0. The largest absolute Gasteiger partial charge is 0.380 e. The van der Waals surface area contributed by atoms with Crippen molar-refractivity contribution in [3.8, 4) is 0 Å². The first-order chi connectivity index (χ1) is 9.60. The molecule has 7 heteroatoms. The zero-order valence-corrected chi connectivity index (χ0v) is 10.1. The van der Waals surface area contributed by atoms with Gasteiger partial charge in [-0.15, -0.1) is 0 Å². The van der Waals surface area contributed by atoms with Crippen LogP contribution >= 0.6 is 0 Å². The van der Waals surface area contributed by atoms with Crippen molar-refractivity contribution in [1.82, 2.24) is 0 Å². The molecule has 0 N–H and O–H groups in total.